The lowest BCUT2D eigenvalue weighted by molar-refractivity contribution is 0.0930. The van der Waals surface area contributed by atoms with Crippen molar-refractivity contribution in [1.82, 2.24) is 10.6 Å². The Balaban J connectivity index is 0.00000162. The molecule has 0 radical (unpaired) electrons. The summed E-state index contributed by atoms with van der Waals surface area (Å²) in [6.07, 6.45) is 2.21. The molecule has 3 nitrogen and oxygen atoms in total. The second-order valence-electron chi connectivity index (χ2n) is 4.84. The summed E-state index contributed by atoms with van der Waals surface area (Å²) in [5.74, 6) is 0.0520. The molecule has 1 unspecified atom stereocenters. The minimum absolute atomic E-state index is 0. The van der Waals surface area contributed by atoms with Crippen LogP contribution in [0, 0.1) is 13.8 Å². The Kier molecular flexibility index (Phi) is 5.63. The van der Waals surface area contributed by atoms with E-state index in [1.54, 1.807) is 0 Å². The van der Waals surface area contributed by atoms with E-state index < -0.39 is 0 Å². The van der Waals surface area contributed by atoms with Gasteiger partial charge in [0.05, 0.1) is 0 Å². The predicted molar refractivity (Wildman–Crippen MR) is 76.5 cm³/mol. The zero-order valence-electron chi connectivity index (χ0n) is 11.0. The van der Waals surface area contributed by atoms with Gasteiger partial charge in [0.1, 0.15) is 0 Å². The van der Waals surface area contributed by atoms with Crippen LogP contribution >= 0.6 is 12.4 Å². The molecule has 0 saturated carbocycles. The molecule has 1 aliphatic rings. The average molecular weight is 269 g/mol. The van der Waals surface area contributed by atoms with Crippen molar-refractivity contribution < 1.29 is 4.79 Å². The highest BCUT2D eigenvalue weighted by atomic mass is 35.5. The summed E-state index contributed by atoms with van der Waals surface area (Å²) in [5.41, 5.74) is 3.03. The molecule has 1 fully saturated rings. The van der Waals surface area contributed by atoms with Gasteiger partial charge >= 0.3 is 0 Å². The fraction of sp³-hybridized carbons (Fsp3) is 0.500. The van der Waals surface area contributed by atoms with E-state index in [4.69, 9.17) is 0 Å². The van der Waals surface area contributed by atoms with Gasteiger partial charge in [-0.05, 0) is 44.9 Å². The zero-order chi connectivity index (χ0) is 12.3. The second kappa shape index (κ2) is 6.76. The monoisotopic (exact) mass is 268 g/mol. The average Bonchev–Trinajstić information content (AvgIpc) is 2.30. The molecule has 100 valence electrons. The third-order valence-electron chi connectivity index (χ3n) is 3.26. The van der Waals surface area contributed by atoms with Crippen molar-refractivity contribution in [2.45, 2.75) is 32.7 Å². The number of aryl methyl sites for hydroxylation is 2. The molecule has 1 aromatic carbocycles. The van der Waals surface area contributed by atoms with Crippen LogP contribution < -0.4 is 10.6 Å². The van der Waals surface area contributed by atoms with Crippen LogP contribution in [0.1, 0.15) is 34.3 Å². The van der Waals surface area contributed by atoms with Gasteiger partial charge in [0.25, 0.3) is 5.91 Å². The molecule has 0 spiro atoms. The molecule has 2 N–H and O–H groups in total. The van der Waals surface area contributed by atoms with Crippen molar-refractivity contribution in [1.29, 1.82) is 0 Å². The Labute approximate surface area is 115 Å². The summed E-state index contributed by atoms with van der Waals surface area (Å²) in [4.78, 5) is 12.1. The van der Waals surface area contributed by atoms with Crippen LogP contribution in [0.4, 0.5) is 0 Å². The van der Waals surface area contributed by atoms with Gasteiger partial charge < -0.3 is 10.6 Å². The highest BCUT2D eigenvalue weighted by Gasteiger charge is 2.17. The second-order valence-corrected chi connectivity index (χ2v) is 4.84. The molecule has 0 aromatic heterocycles. The number of rotatable bonds is 2. The molecule has 1 aliphatic heterocycles. The number of hydrogen-bond acceptors (Lipinski definition) is 2. The van der Waals surface area contributed by atoms with Crippen LogP contribution in [0.15, 0.2) is 18.2 Å². The van der Waals surface area contributed by atoms with E-state index in [0.29, 0.717) is 0 Å². The van der Waals surface area contributed by atoms with Crippen molar-refractivity contribution in [3.63, 3.8) is 0 Å². The summed E-state index contributed by atoms with van der Waals surface area (Å²) in [6, 6.07) is 6.22. The smallest absolute Gasteiger partial charge is 0.251 e. The normalized spacial score (nSPS) is 18.9. The Bertz CT molecular complexity index is 414. The van der Waals surface area contributed by atoms with Crippen LogP contribution in [0.25, 0.3) is 0 Å². The van der Waals surface area contributed by atoms with Crippen LogP contribution in [-0.2, 0) is 0 Å². The van der Waals surface area contributed by atoms with Crippen molar-refractivity contribution in [2.24, 2.45) is 0 Å². The first-order valence-corrected chi connectivity index (χ1v) is 6.25. The van der Waals surface area contributed by atoms with E-state index in [1.807, 2.05) is 32.0 Å². The molecule has 1 heterocycles. The Morgan fingerprint density at radius 1 is 1.39 bits per heavy atom. The van der Waals surface area contributed by atoms with Crippen LogP contribution in [0.2, 0.25) is 0 Å². The Hall–Kier alpha value is -1.06. The number of piperidine rings is 1. The van der Waals surface area contributed by atoms with Crippen molar-refractivity contribution in [3.05, 3.63) is 34.9 Å². The number of carbonyl (C=O) groups is 1. The van der Waals surface area contributed by atoms with E-state index in [2.05, 4.69) is 10.6 Å². The molecular formula is C14H21ClN2O. The van der Waals surface area contributed by atoms with Gasteiger partial charge in [0.2, 0.25) is 0 Å². The van der Waals surface area contributed by atoms with Gasteiger partial charge in [-0.2, -0.15) is 0 Å². The molecule has 1 amide bonds. The van der Waals surface area contributed by atoms with Gasteiger partial charge in [-0.1, -0.05) is 17.7 Å². The number of amides is 1. The molecule has 0 aliphatic carbocycles. The molecule has 1 saturated heterocycles. The first-order valence-electron chi connectivity index (χ1n) is 6.25. The van der Waals surface area contributed by atoms with Crippen LogP contribution in [0.3, 0.4) is 0 Å². The third kappa shape index (κ3) is 3.72. The summed E-state index contributed by atoms with van der Waals surface area (Å²) < 4.78 is 0. The lowest BCUT2D eigenvalue weighted by atomic mass is 10.0. The molecule has 2 rings (SSSR count). The number of benzene rings is 1. The standard InChI is InChI=1S/C14H20N2O.ClH/c1-10-5-6-13(11(2)8-10)14(17)16-12-4-3-7-15-9-12;/h5-6,8,12,15H,3-4,7,9H2,1-2H3,(H,16,17);1H. The largest absolute Gasteiger partial charge is 0.348 e. The number of carbonyl (C=O) groups excluding carboxylic acids is 1. The van der Waals surface area contributed by atoms with Crippen molar-refractivity contribution in [3.8, 4) is 0 Å². The fourth-order valence-electron chi connectivity index (χ4n) is 2.31. The summed E-state index contributed by atoms with van der Waals surface area (Å²) >= 11 is 0. The topological polar surface area (TPSA) is 41.1 Å². The summed E-state index contributed by atoms with van der Waals surface area (Å²) in [7, 11) is 0. The number of hydrogen-bond donors (Lipinski definition) is 2. The maximum atomic E-state index is 12.1. The van der Waals surface area contributed by atoms with Crippen LogP contribution in [-0.4, -0.2) is 25.0 Å². The number of nitrogens with one attached hydrogen (secondary N) is 2. The molecule has 1 atom stereocenters. The highest BCUT2D eigenvalue weighted by Crippen LogP contribution is 2.11. The molecule has 0 bridgehead atoms. The van der Waals surface area contributed by atoms with E-state index in [0.717, 1.165) is 37.1 Å². The predicted octanol–water partition coefficient (Wildman–Crippen LogP) is 2.21. The summed E-state index contributed by atoms with van der Waals surface area (Å²) in [6.45, 7) is 5.98. The minimum atomic E-state index is 0. The highest BCUT2D eigenvalue weighted by molar-refractivity contribution is 5.95. The van der Waals surface area contributed by atoms with Crippen molar-refractivity contribution >= 4 is 18.3 Å². The molecule has 18 heavy (non-hydrogen) atoms. The number of halogens is 1. The van der Waals surface area contributed by atoms with Gasteiger partial charge in [-0.15, -0.1) is 12.4 Å². The molecule has 4 heteroatoms. The third-order valence-corrected chi connectivity index (χ3v) is 3.26. The first kappa shape index (κ1) is 15.0. The van der Waals surface area contributed by atoms with E-state index in [-0.39, 0.29) is 24.4 Å². The Morgan fingerprint density at radius 3 is 2.78 bits per heavy atom. The van der Waals surface area contributed by atoms with Gasteiger partial charge in [0.15, 0.2) is 0 Å². The van der Waals surface area contributed by atoms with Crippen LogP contribution in [0.5, 0.6) is 0 Å². The Morgan fingerprint density at radius 2 is 2.17 bits per heavy atom. The van der Waals surface area contributed by atoms with Gasteiger partial charge in [0, 0.05) is 18.2 Å². The van der Waals surface area contributed by atoms with E-state index >= 15 is 0 Å². The molecular weight excluding hydrogens is 248 g/mol. The molecule has 1 aromatic rings. The SMILES string of the molecule is Cc1ccc(C(=O)NC2CCCNC2)c(C)c1.Cl. The minimum Gasteiger partial charge on any atom is -0.348 e. The van der Waals surface area contributed by atoms with Gasteiger partial charge in [-0.3, -0.25) is 4.79 Å². The quantitative estimate of drug-likeness (QED) is 0.864. The first-order chi connectivity index (χ1) is 8.16. The summed E-state index contributed by atoms with van der Waals surface area (Å²) in [5, 5.41) is 6.39. The fourth-order valence-corrected chi connectivity index (χ4v) is 2.31. The van der Waals surface area contributed by atoms with Crippen molar-refractivity contribution in [2.75, 3.05) is 13.1 Å². The lowest BCUT2D eigenvalue weighted by Crippen LogP contribution is -2.45. The van der Waals surface area contributed by atoms with E-state index in [1.165, 1.54) is 5.56 Å². The zero-order valence-corrected chi connectivity index (χ0v) is 11.8. The van der Waals surface area contributed by atoms with E-state index in [9.17, 15) is 4.79 Å². The maximum absolute atomic E-state index is 12.1. The lowest BCUT2D eigenvalue weighted by Gasteiger charge is -2.24. The maximum Gasteiger partial charge on any atom is 0.251 e. The van der Waals surface area contributed by atoms with Gasteiger partial charge in [-0.25, -0.2) is 0 Å².